The van der Waals surface area contributed by atoms with Crippen molar-refractivity contribution in [3.8, 4) is 0 Å². The van der Waals surface area contributed by atoms with Gasteiger partial charge in [-0.05, 0) is 13.5 Å². The van der Waals surface area contributed by atoms with E-state index < -0.39 is 0 Å². The molecule has 0 aromatic carbocycles. The van der Waals surface area contributed by atoms with Gasteiger partial charge in [0, 0.05) is 13.7 Å². The standard InChI is InChI=1S/C8H19NO2/c1-4-9-7-8(2)11-6-5-10-3/h8-9H,4-7H2,1-3H3. The van der Waals surface area contributed by atoms with Crippen molar-refractivity contribution < 1.29 is 9.47 Å². The topological polar surface area (TPSA) is 30.5 Å². The number of nitrogens with one attached hydrogen (secondary N) is 1. The molecule has 1 unspecified atom stereocenters. The Hall–Kier alpha value is -0.120. The van der Waals surface area contributed by atoms with Crippen LogP contribution in [0.4, 0.5) is 0 Å². The molecule has 0 spiro atoms. The van der Waals surface area contributed by atoms with Gasteiger partial charge in [0.05, 0.1) is 19.3 Å². The first-order valence-corrected chi connectivity index (χ1v) is 4.12. The van der Waals surface area contributed by atoms with Crippen LogP contribution in [0.1, 0.15) is 13.8 Å². The molecule has 0 aromatic heterocycles. The van der Waals surface area contributed by atoms with Gasteiger partial charge in [-0.25, -0.2) is 0 Å². The van der Waals surface area contributed by atoms with Crippen molar-refractivity contribution in [2.75, 3.05) is 33.4 Å². The van der Waals surface area contributed by atoms with Crippen LogP contribution in [-0.2, 0) is 9.47 Å². The maximum absolute atomic E-state index is 5.40. The fourth-order valence-corrected chi connectivity index (χ4v) is 0.739. The van der Waals surface area contributed by atoms with E-state index in [2.05, 4.69) is 19.2 Å². The monoisotopic (exact) mass is 161 g/mol. The van der Waals surface area contributed by atoms with E-state index in [0.29, 0.717) is 13.2 Å². The Labute approximate surface area is 69.1 Å². The summed E-state index contributed by atoms with van der Waals surface area (Å²) in [6.07, 6.45) is 0.282. The number of rotatable bonds is 7. The average Bonchev–Trinajstić information content (AvgIpc) is 2.01. The first-order chi connectivity index (χ1) is 5.31. The van der Waals surface area contributed by atoms with Crippen molar-refractivity contribution in [2.45, 2.75) is 20.0 Å². The molecule has 0 fully saturated rings. The van der Waals surface area contributed by atoms with Crippen LogP contribution in [0.2, 0.25) is 0 Å². The molecule has 1 N–H and O–H groups in total. The molecule has 0 aromatic rings. The van der Waals surface area contributed by atoms with Crippen LogP contribution >= 0.6 is 0 Å². The second kappa shape index (κ2) is 7.98. The largest absolute Gasteiger partial charge is 0.382 e. The molecule has 3 nitrogen and oxygen atoms in total. The van der Waals surface area contributed by atoms with E-state index in [-0.39, 0.29) is 6.10 Å². The number of hydrogen-bond acceptors (Lipinski definition) is 3. The highest BCUT2D eigenvalue weighted by Gasteiger charge is 1.98. The Balaban J connectivity index is 3.02. The minimum atomic E-state index is 0.282. The predicted molar refractivity (Wildman–Crippen MR) is 45.8 cm³/mol. The van der Waals surface area contributed by atoms with E-state index >= 15 is 0 Å². The van der Waals surface area contributed by atoms with Gasteiger partial charge in [0.15, 0.2) is 0 Å². The van der Waals surface area contributed by atoms with E-state index in [1.165, 1.54) is 0 Å². The molecule has 68 valence electrons. The van der Waals surface area contributed by atoms with Crippen LogP contribution < -0.4 is 5.32 Å². The first-order valence-electron chi connectivity index (χ1n) is 4.12. The van der Waals surface area contributed by atoms with Crippen LogP contribution in [0, 0.1) is 0 Å². The van der Waals surface area contributed by atoms with Gasteiger partial charge in [0.2, 0.25) is 0 Å². The highest BCUT2D eigenvalue weighted by Crippen LogP contribution is 1.87. The maximum atomic E-state index is 5.40. The highest BCUT2D eigenvalue weighted by atomic mass is 16.5. The van der Waals surface area contributed by atoms with Gasteiger partial charge in [0.1, 0.15) is 0 Å². The van der Waals surface area contributed by atoms with Gasteiger partial charge >= 0.3 is 0 Å². The molecule has 1 atom stereocenters. The molecule has 0 saturated heterocycles. The van der Waals surface area contributed by atoms with Gasteiger partial charge in [0.25, 0.3) is 0 Å². The van der Waals surface area contributed by atoms with Gasteiger partial charge in [-0.1, -0.05) is 6.92 Å². The fourth-order valence-electron chi connectivity index (χ4n) is 0.739. The second-order valence-electron chi connectivity index (χ2n) is 2.48. The third kappa shape index (κ3) is 7.78. The zero-order chi connectivity index (χ0) is 8.53. The zero-order valence-corrected chi connectivity index (χ0v) is 7.72. The lowest BCUT2D eigenvalue weighted by Crippen LogP contribution is -2.27. The van der Waals surface area contributed by atoms with Crippen LogP contribution in [0.15, 0.2) is 0 Å². The van der Waals surface area contributed by atoms with Gasteiger partial charge < -0.3 is 14.8 Å². The predicted octanol–water partition coefficient (Wildman–Crippen LogP) is 0.647. The Morgan fingerprint density at radius 3 is 2.64 bits per heavy atom. The molecule has 0 amide bonds. The molecule has 0 aliphatic rings. The molecule has 0 radical (unpaired) electrons. The Kier molecular flexibility index (Phi) is 7.89. The lowest BCUT2D eigenvalue weighted by molar-refractivity contribution is 0.0270. The SMILES string of the molecule is CCNCC(C)OCCOC. The van der Waals surface area contributed by atoms with Crippen molar-refractivity contribution in [3.05, 3.63) is 0 Å². The third-order valence-corrected chi connectivity index (χ3v) is 1.37. The zero-order valence-electron chi connectivity index (χ0n) is 7.72. The molecule has 0 heterocycles. The summed E-state index contributed by atoms with van der Waals surface area (Å²) in [5, 5.41) is 3.21. The molecule has 11 heavy (non-hydrogen) atoms. The number of ether oxygens (including phenoxy) is 2. The van der Waals surface area contributed by atoms with Crippen LogP contribution in [0.3, 0.4) is 0 Å². The smallest absolute Gasteiger partial charge is 0.0704 e. The fraction of sp³-hybridized carbons (Fsp3) is 1.00. The summed E-state index contributed by atoms with van der Waals surface area (Å²) in [6.45, 7) is 7.41. The highest BCUT2D eigenvalue weighted by molar-refractivity contribution is 4.52. The summed E-state index contributed by atoms with van der Waals surface area (Å²) >= 11 is 0. The van der Waals surface area contributed by atoms with Crippen LogP contribution in [0.25, 0.3) is 0 Å². The van der Waals surface area contributed by atoms with Gasteiger partial charge in [-0.2, -0.15) is 0 Å². The lowest BCUT2D eigenvalue weighted by Gasteiger charge is -2.12. The first kappa shape index (κ1) is 10.9. The van der Waals surface area contributed by atoms with Gasteiger partial charge in [-0.15, -0.1) is 0 Å². The summed E-state index contributed by atoms with van der Waals surface area (Å²) in [6, 6.07) is 0. The van der Waals surface area contributed by atoms with E-state index in [0.717, 1.165) is 13.1 Å². The van der Waals surface area contributed by atoms with Crippen molar-refractivity contribution >= 4 is 0 Å². The molecular formula is C8H19NO2. The lowest BCUT2D eigenvalue weighted by atomic mass is 10.4. The van der Waals surface area contributed by atoms with Crippen LogP contribution in [0.5, 0.6) is 0 Å². The van der Waals surface area contributed by atoms with E-state index in [1.54, 1.807) is 7.11 Å². The number of likely N-dealkylation sites (N-methyl/N-ethyl adjacent to an activating group) is 1. The summed E-state index contributed by atoms with van der Waals surface area (Å²) in [5.74, 6) is 0. The Morgan fingerprint density at radius 1 is 1.36 bits per heavy atom. The van der Waals surface area contributed by atoms with Crippen molar-refractivity contribution in [3.63, 3.8) is 0 Å². The minimum absolute atomic E-state index is 0.282. The summed E-state index contributed by atoms with van der Waals surface area (Å²) < 4.78 is 10.2. The van der Waals surface area contributed by atoms with Gasteiger partial charge in [-0.3, -0.25) is 0 Å². The summed E-state index contributed by atoms with van der Waals surface area (Å²) in [7, 11) is 1.68. The van der Waals surface area contributed by atoms with Crippen molar-refractivity contribution in [1.82, 2.24) is 5.32 Å². The normalized spacial score (nSPS) is 13.4. The summed E-state index contributed by atoms with van der Waals surface area (Å²) in [4.78, 5) is 0. The molecular weight excluding hydrogens is 142 g/mol. The summed E-state index contributed by atoms with van der Waals surface area (Å²) in [5.41, 5.74) is 0. The second-order valence-corrected chi connectivity index (χ2v) is 2.48. The number of methoxy groups -OCH3 is 1. The van der Waals surface area contributed by atoms with E-state index in [4.69, 9.17) is 9.47 Å². The van der Waals surface area contributed by atoms with E-state index in [1.807, 2.05) is 0 Å². The van der Waals surface area contributed by atoms with Crippen LogP contribution in [-0.4, -0.2) is 39.5 Å². The molecule has 3 heteroatoms. The molecule has 0 rings (SSSR count). The maximum Gasteiger partial charge on any atom is 0.0704 e. The average molecular weight is 161 g/mol. The van der Waals surface area contributed by atoms with Crippen molar-refractivity contribution in [1.29, 1.82) is 0 Å². The Bertz CT molecular complexity index is 78.5. The molecule has 0 aliphatic carbocycles. The third-order valence-electron chi connectivity index (χ3n) is 1.37. The van der Waals surface area contributed by atoms with E-state index in [9.17, 15) is 0 Å². The minimum Gasteiger partial charge on any atom is -0.382 e. The Morgan fingerprint density at radius 2 is 2.09 bits per heavy atom. The molecule has 0 bridgehead atoms. The number of hydrogen-bond donors (Lipinski definition) is 1. The molecule has 0 saturated carbocycles. The van der Waals surface area contributed by atoms with Crippen molar-refractivity contribution in [2.24, 2.45) is 0 Å². The molecule has 0 aliphatic heterocycles. The quantitative estimate of drug-likeness (QED) is 0.556.